The molecule has 1 heterocycles. The lowest BCUT2D eigenvalue weighted by atomic mass is 10.1. The molecule has 0 saturated heterocycles. The molecule has 0 radical (unpaired) electrons. The highest BCUT2D eigenvalue weighted by Gasteiger charge is 2.32. The summed E-state index contributed by atoms with van der Waals surface area (Å²) in [6.45, 7) is 2.53. The molecule has 7 heteroatoms. The van der Waals surface area contributed by atoms with Gasteiger partial charge in [-0.25, -0.2) is 4.39 Å². The molecule has 146 valence electrons. The van der Waals surface area contributed by atoms with E-state index >= 15 is 0 Å². The number of hydrogen-bond acceptors (Lipinski definition) is 3. The number of para-hydroxylation sites is 2. The zero-order valence-corrected chi connectivity index (χ0v) is 16.1. The number of carbonyl (C=O) groups is 2. The summed E-state index contributed by atoms with van der Waals surface area (Å²) in [6.07, 6.45) is 2.55. The van der Waals surface area contributed by atoms with Gasteiger partial charge in [0, 0.05) is 18.2 Å². The molecule has 0 aliphatic carbocycles. The number of benzene rings is 2. The normalized spacial score (nSPS) is 15.8. The molecule has 2 aromatic rings. The van der Waals surface area contributed by atoms with Gasteiger partial charge in [-0.15, -0.1) is 0 Å². The molecule has 0 fully saturated rings. The van der Waals surface area contributed by atoms with Crippen molar-refractivity contribution in [3.8, 4) is 5.75 Å². The third kappa shape index (κ3) is 4.34. The number of rotatable bonds is 5. The van der Waals surface area contributed by atoms with Crippen LogP contribution in [0.5, 0.6) is 5.75 Å². The van der Waals surface area contributed by atoms with E-state index in [9.17, 15) is 14.0 Å². The molecule has 0 spiro atoms. The fraction of sp³-hybridized carbons (Fsp3) is 0.238. The van der Waals surface area contributed by atoms with Crippen LogP contribution in [0.25, 0.3) is 6.08 Å². The summed E-state index contributed by atoms with van der Waals surface area (Å²) in [4.78, 5) is 26.6. The van der Waals surface area contributed by atoms with Crippen LogP contribution in [0.1, 0.15) is 18.9 Å². The van der Waals surface area contributed by atoms with E-state index in [0.717, 1.165) is 6.42 Å². The topological polar surface area (TPSA) is 58.6 Å². The van der Waals surface area contributed by atoms with Gasteiger partial charge in [0.25, 0.3) is 11.8 Å². The summed E-state index contributed by atoms with van der Waals surface area (Å²) in [5, 5.41) is 2.99. The Morgan fingerprint density at radius 1 is 1.29 bits per heavy atom. The van der Waals surface area contributed by atoms with E-state index in [2.05, 4.69) is 5.32 Å². The molecule has 1 atom stereocenters. The largest absolute Gasteiger partial charge is 0.477 e. The van der Waals surface area contributed by atoms with Crippen molar-refractivity contribution >= 4 is 35.2 Å². The molecule has 1 aliphatic rings. The minimum absolute atomic E-state index is 0.0563. The SMILES string of the molecule is CCCNC(=O)[C@@H]1CN(C(=O)/C=C/c2c(F)cccc2Cl)c2ccccc2O1. The van der Waals surface area contributed by atoms with Crippen LogP contribution in [0.2, 0.25) is 5.02 Å². The van der Waals surface area contributed by atoms with Crippen LogP contribution in [-0.2, 0) is 9.59 Å². The summed E-state index contributed by atoms with van der Waals surface area (Å²) in [5.74, 6) is -0.759. The van der Waals surface area contributed by atoms with Crippen molar-refractivity contribution in [2.45, 2.75) is 19.4 Å². The first kappa shape index (κ1) is 19.9. The maximum Gasteiger partial charge on any atom is 0.262 e. The third-order valence-electron chi connectivity index (χ3n) is 4.27. The van der Waals surface area contributed by atoms with Gasteiger partial charge in [-0.1, -0.05) is 36.7 Å². The highest BCUT2D eigenvalue weighted by molar-refractivity contribution is 6.32. The number of carbonyl (C=O) groups excluding carboxylic acids is 2. The zero-order chi connectivity index (χ0) is 20.1. The maximum atomic E-state index is 13.9. The molecule has 1 aliphatic heterocycles. The Bertz CT molecular complexity index is 896. The van der Waals surface area contributed by atoms with E-state index in [1.165, 1.54) is 29.2 Å². The van der Waals surface area contributed by atoms with E-state index in [0.29, 0.717) is 18.0 Å². The number of halogens is 2. The fourth-order valence-corrected chi connectivity index (χ4v) is 3.08. The van der Waals surface area contributed by atoms with Crippen LogP contribution in [0, 0.1) is 5.82 Å². The predicted octanol–water partition coefficient (Wildman–Crippen LogP) is 3.81. The minimum Gasteiger partial charge on any atom is -0.477 e. The summed E-state index contributed by atoms with van der Waals surface area (Å²) < 4.78 is 19.7. The number of anilines is 1. The van der Waals surface area contributed by atoms with Crippen molar-refractivity contribution in [2.24, 2.45) is 0 Å². The molecular weight excluding hydrogens is 383 g/mol. The first-order valence-corrected chi connectivity index (χ1v) is 9.36. The second-order valence-electron chi connectivity index (χ2n) is 6.28. The van der Waals surface area contributed by atoms with Gasteiger partial charge in [0.05, 0.1) is 17.3 Å². The second kappa shape index (κ2) is 8.89. The van der Waals surface area contributed by atoms with Gasteiger partial charge in [-0.3, -0.25) is 9.59 Å². The Morgan fingerprint density at radius 3 is 2.82 bits per heavy atom. The van der Waals surface area contributed by atoms with Crippen LogP contribution < -0.4 is 15.0 Å². The van der Waals surface area contributed by atoms with Crippen LogP contribution in [0.4, 0.5) is 10.1 Å². The fourth-order valence-electron chi connectivity index (χ4n) is 2.86. The number of fused-ring (bicyclic) bond motifs is 1. The highest BCUT2D eigenvalue weighted by Crippen LogP contribution is 2.33. The highest BCUT2D eigenvalue weighted by atomic mass is 35.5. The van der Waals surface area contributed by atoms with Gasteiger partial charge < -0.3 is 15.0 Å². The van der Waals surface area contributed by atoms with Crippen molar-refractivity contribution in [2.75, 3.05) is 18.0 Å². The van der Waals surface area contributed by atoms with Gasteiger partial charge in [0.2, 0.25) is 0 Å². The molecule has 2 amide bonds. The van der Waals surface area contributed by atoms with Crippen LogP contribution in [-0.4, -0.2) is 31.0 Å². The monoisotopic (exact) mass is 402 g/mol. The summed E-state index contributed by atoms with van der Waals surface area (Å²) in [5.41, 5.74) is 0.688. The number of amides is 2. The summed E-state index contributed by atoms with van der Waals surface area (Å²) in [6, 6.07) is 11.3. The van der Waals surface area contributed by atoms with Gasteiger partial charge >= 0.3 is 0 Å². The van der Waals surface area contributed by atoms with Crippen LogP contribution in [0.3, 0.4) is 0 Å². The van der Waals surface area contributed by atoms with Gasteiger partial charge in [0.1, 0.15) is 11.6 Å². The first-order chi connectivity index (χ1) is 13.5. The Kier molecular flexibility index (Phi) is 6.31. The lowest BCUT2D eigenvalue weighted by Gasteiger charge is -2.33. The number of nitrogens with one attached hydrogen (secondary N) is 1. The van der Waals surface area contributed by atoms with Crippen molar-refractivity contribution in [3.63, 3.8) is 0 Å². The molecule has 1 N–H and O–H groups in total. The third-order valence-corrected chi connectivity index (χ3v) is 4.60. The Labute approximate surface area is 167 Å². The van der Waals surface area contributed by atoms with E-state index in [4.69, 9.17) is 16.3 Å². The number of nitrogens with zero attached hydrogens (tertiary/aromatic N) is 1. The zero-order valence-electron chi connectivity index (χ0n) is 15.3. The molecule has 5 nitrogen and oxygen atoms in total. The molecule has 0 saturated carbocycles. The molecule has 3 rings (SSSR count). The molecule has 0 bridgehead atoms. The van der Waals surface area contributed by atoms with Crippen molar-refractivity contribution in [3.05, 3.63) is 64.9 Å². The average Bonchev–Trinajstić information content (AvgIpc) is 2.70. The minimum atomic E-state index is -0.823. The lowest BCUT2D eigenvalue weighted by molar-refractivity contribution is -0.128. The Balaban J connectivity index is 1.85. The Hall–Kier alpha value is -2.86. The van der Waals surface area contributed by atoms with Gasteiger partial charge in [0.15, 0.2) is 6.10 Å². The smallest absolute Gasteiger partial charge is 0.262 e. The van der Waals surface area contributed by atoms with E-state index < -0.39 is 17.8 Å². The van der Waals surface area contributed by atoms with E-state index in [1.807, 2.05) is 6.92 Å². The Morgan fingerprint density at radius 2 is 2.07 bits per heavy atom. The van der Waals surface area contributed by atoms with Crippen LogP contribution >= 0.6 is 11.6 Å². The average molecular weight is 403 g/mol. The molecule has 0 aromatic heterocycles. The summed E-state index contributed by atoms with van der Waals surface area (Å²) in [7, 11) is 0. The van der Waals surface area contributed by atoms with Crippen molar-refractivity contribution < 1.29 is 18.7 Å². The molecular formula is C21H20ClFN2O3. The van der Waals surface area contributed by atoms with Crippen molar-refractivity contribution in [1.82, 2.24) is 5.32 Å². The van der Waals surface area contributed by atoms with E-state index in [-0.39, 0.29) is 23.0 Å². The van der Waals surface area contributed by atoms with Gasteiger partial charge in [-0.05, 0) is 36.8 Å². The standard InChI is InChI=1S/C21H20ClFN2O3/c1-2-12-24-21(27)19-13-25(17-8-3-4-9-18(17)28-19)20(26)11-10-14-15(22)6-5-7-16(14)23/h3-11,19H,2,12-13H2,1H3,(H,24,27)/b11-10+/t19-/m0/s1. The molecule has 2 aromatic carbocycles. The van der Waals surface area contributed by atoms with E-state index in [1.54, 1.807) is 30.3 Å². The number of hydrogen-bond donors (Lipinski definition) is 1. The first-order valence-electron chi connectivity index (χ1n) is 8.98. The quantitative estimate of drug-likeness (QED) is 0.773. The van der Waals surface area contributed by atoms with Crippen molar-refractivity contribution in [1.29, 1.82) is 0 Å². The van der Waals surface area contributed by atoms with Gasteiger partial charge in [-0.2, -0.15) is 0 Å². The lowest BCUT2D eigenvalue weighted by Crippen LogP contribution is -2.50. The molecule has 0 unspecified atom stereocenters. The number of ether oxygens (including phenoxy) is 1. The van der Waals surface area contributed by atoms with Crippen LogP contribution in [0.15, 0.2) is 48.5 Å². The second-order valence-corrected chi connectivity index (χ2v) is 6.69. The molecule has 28 heavy (non-hydrogen) atoms. The predicted molar refractivity (Wildman–Crippen MR) is 107 cm³/mol. The summed E-state index contributed by atoms with van der Waals surface area (Å²) >= 11 is 6.00. The maximum absolute atomic E-state index is 13.9.